The molecule has 0 spiro atoms. The van der Waals surface area contributed by atoms with E-state index in [1.165, 1.54) is 6.07 Å². The van der Waals surface area contributed by atoms with Gasteiger partial charge in [-0.2, -0.15) is 0 Å². The monoisotopic (exact) mass is 271 g/mol. The van der Waals surface area contributed by atoms with E-state index in [-0.39, 0.29) is 5.56 Å². The SMILES string of the molecule is CC(C)COc1cc(Br)ccc1C(=O)[O-]. The van der Waals surface area contributed by atoms with Gasteiger partial charge in [0.1, 0.15) is 5.75 Å². The third-order valence-corrected chi connectivity index (χ3v) is 2.23. The molecule has 0 N–H and O–H groups in total. The van der Waals surface area contributed by atoms with Gasteiger partial charge in [-0.05, 0) is 24.1 Å². The van der Waals surface area contributed by atoms with Gasteiger partial charge in [0.05, 0.1) is 12.6 Å². The summed E-state index contributed by atoms with van der Waals surface area (Å²) < 4.78 is 6.17. The fourth-order valence-corrected chi connectivity index (χ4v) is 1.38. The first kappa shape index (κ1) is 12.0. The Morgan fingerprint density at radius 3 is 2.73 bits per heavy atom. The minimum Gasteiger partial charge on any atom is -0.545 e. The summed E-state index contributed by atoms with van der Waals surface area (Å²) >= 11 is 3.26. The quantitative estimate of drug-likeness (QED) is 0.840. The largest absolute Gasteiger partial charge is 0.545 e. The van der Waals surface area contributed by atoms with Crippen molar-refractivity contribution in [3.05, 3.63) is 28.2 Å². The van der Waals surface area contributed by atoms with Gasteiger partial charge in [0.25, 0.3) is 0 Å². The van der Waals surface area contributed by atoms with Crippen LogP contribution in [0.15, 0.2) is 22.7 Å². The molecule has 15 heavy (non-hydrogen) atoms. The van der Waals surface area contributed by atoms with Crippen LogP contribution in [0.25, 0.3) is 0 Å². The van der Waals surface area contributed by atoms with E-state index >= 15 is 0 Å². The van der Waals surface area contributed by atoms with E-state index in [1.807, 2.05) is 13.8 Å². The predicted molar refractivity (Wildman–Crippen MR) is 58.8 cm³/mol. The number of ether oxygens (including phenoxy) is 1. The number of carboxylic acid groups (broad SMARTS) is 1. The maximum absolute atomic E-state index is 10.8. The molecule has 0 saturated carbocycles. The van der Waals surface area contributed by atoms with Crippen LogP contribution in [0.5, 0.6) is 5.75 Å². The molecule has 0 amide bonds. The number of carbonyl (C=O) groups excluding carboxylic acids is 1. The van der Waals surface area contributed by atoms with Crippen LogP contribution in [0.2, 0.25) is 0 Å². The molecule has 0 aliphatic carbocycles. The lowest BCUT2D eigenvalue weighted by atomic mass is 10.2. The third kappa shape index (κ3) is 3.55. The molecule has 0 saturated heterocycles. The van der Waals surface area contributed by atoms with E-state index in [0.717, 1.165) is 4.47 Å². The molecular weight excluding hydrogens is 260 g/mol. The van der Waals surface area contributed by atoms with Crippen molar-refractivity contribution >= 4 is 21.9 Å². The van der Waals surface area contributed by atoms with Crippen LogP contribution in [0.1, 0.15) is 24.2 Å². The fourth-order valence-electron chi connectivity index (χ4n) is 1.04. The maximum atomic E-state index is 10.8. The molecule has 0 radical (unpaired) electrons. The molecule has 0 heterocycles. The summed E-state index contributed by atoms with van der Waals surface area (Å²) in [4.78, 5) is 10.8. The number of aromatic carboxylic acids is 1. The average molecular weight is 272 g/mol. The van der Waals surface area contributed by atoms with Gasteiger partial charge in [-0.1, -0.05) is 29.8 Å². The number of hydrogen-bond donors (Lipinski definition) is 0. The predicted octanol–water partition coefficient (Wildman–Crippen LogP) is 1.85. The summed E-state index contributed by atoms with van der Waals surface area (Å²) in [6.07, 6.45) is 0. The minimum absolute atomic E-state index is 0.0823. The van der Waals surface area contributed by atoms with Crippen LogP contribution in [-0.2, 0) is 0 Å². The summed E-state index contributed by atoms with van der Waals surface area (Å²) in [5.41, 5.74) is 0.0823. The Labute approximate surface area is 97.2 Å². The molecule has 3 nitrogen and oxygen atoms in total. The highest BCUT2D eigenvalue weighted by molar-refractivity contribution is 9.10. The van der Waals surface area contributed by atoms with Gasteiger partial charge in [0.2, 0.25) is 0 Å². The normalized spacial score (nSPS) is 10.4. The van der Waals surface area contributed by atoms with Gasteiger partial charge in [0, 0.05) is 10.0 Å². The van der Waals surface area contributed by atoms with E-state index < -0.39 is 5.97 Å². The van der Waals surface area contributed by atoms with Gasteiger partial charge in [-0.3, -0.25) is 0 Å². The lowest BCUT2D eigenvalue weighted by molar-refractivity contribution is -0.255. The zero-order valence-electron chi connectivity index (χ0n) is 8.62. The topological polar surface area (TPSA) is 49.4 Å². The molecule has 0 aliphatic heterocycles. The number of benzene rings is 1. The molecule has 0 aromatic heterocycles. The van der Waals surface area contributed by atoms with Gasteiger partial charge < -0.3 is 14.6 Å². The van der Waals surface area contributed by atoms with Gasteiger partial charge in [0.15, 0.2) is 0 Å². The van der Waals surface area contributed by atoms with Gasteiger partial charge in [-0.25, -0.2) is 0 Å². The lowest BCUT2D eigenvalue weighted by Crippen LogP contribution is -2.23. The standard InChI is InChI=1S/C11H13BrO3/c1-7(2)6-15-10-5-8(12)3-4-9(10)11(13)14/h3-5,7H,6H2,1-2H3,(H,13,14)/p-1. The second-order valence-electron chi connectivity index (χ2n) is 3.63. The molecule has 1 aromatic carbocycles. The van der Waals surface area contributed by atoms with Crippen molar-refractivity contribution in [1.29, 1.82) is 0 Å². The minimum atomic E-state index is -1.22. The lowest BCUT2D eigenvalue weighted by Gasteiger charge is -2.13. The first-order valence-electron chi connectivity index (χ1n) is 4.64. The van der Waals surface area contributed by atoms with Crippen LogP contribution in [0, 0.1) is 5.92 Å². The third-order valence-electron chi connectivity index (χ3n) is 1.74. The Hall–Kier alpha value is -1.03. The summed E-state index contributed by atoms with van der Waals surface area (Å²) in [5, 5.41) is 10.8. The highest BCUT2D eigenvalue weighted by Gasteiger charge is 2.06. The van der Waals surface area contributed by atoms with Crippen LogP contribution in [0.3, 0.4) is 0 Å². The first-order valence-corrected chi connectivity index (χ1v) is 5.43. The van der Waals surface area contributed by atoms with Crippen molar-refractivity contribution in [1.82, 2.24) is 0 Å². The molecule has 0 atom stereocenters. The summed E-state index contributed by atoms with van der Waals surface area (Å²) in [7, 11) is 0. The zero-order valence-corrected chi connectivity index (χ0v) is 10.2. The molecule has 4 heteroatoms. The fraction of sp³-hybridized carbons (Fsp3) is 0.364. The van der Waals surface area contributed by atoms with E-state index in [2.05, 4.69) is 15.9 Å². The number of carboxylic acids is 1. The molecule has 0 bridgehead atoms. The van der Waals surface area contributed by atoms with Crippen molar-refractivity contribution in [3.63, 3.8) is 0 Å². The van der Waals surface area contributed by atoms with Crippen LogP contribution in [-0.4, -0.2) is 12.6 Å². The maximum Gasteiger partial charge on any atom is 0.129 e. The smallest absolute Gasteiger partial charge is 0.129 e. The average Bonchev–Trinajstić information content (AvgIpc) is 2.14. The van der Waals surface area contributed by atoms with Crippen molar-refractivity contribution in [3.8, 4) is 5.75 Å². The van der Waals surface area contributed by atoms with E-state index in [0.29, 0.717) is 18.3 Å². The van der Waals surface area contributed by atoms with E-state index in [4.69, 9.17) is 4.74 Å². The Balaban J connectivity index is 2.92. The molecule has 82 valence electrons. The number of halogens is 1. The molecule has 1 aromatic rings. The second kappa shape index (κ2) is 5.16. The number of hydrogen-bond acceptors (Lipinski definition) is 3. The van der Waals surface area contributed by atoms with Crippen molar-refractivity contribution < 1.29 is 14.6 Å². The summed E-state index contributed by atoms with van der Waals surface area (Å²) in [5.74, 6) is -0.530. The van der Waals surface area contributed by atoms with Gasteiger partial charge >= 0.3 is 0 Å². The Morgan fingerprint density at radius 1 is 1.53 bits per heavy atom. The van der Waals surface area contributed by atoms with Crippen LogP contribution < -0.4 is 9.84 Å². The highest BCUT2D eigenvalue weighted by Crippen LogP contribution is 2.23. The second-order valence-corrected chi connectivity index (χ2v) is 4.55. The molecule has 0 fully saturated rings. The van der Waals surface area contributed by atoms with Crippen molar-refractivity contribution in [2.45, 2.75) is 13.8 Å². The van der Waals surface area contributed by atoms with Gasteiger partial charge in [-0.15, -0.1) is 0 Å². The van der Waals surface area contributed by atoms with Crippen molar-refractivity contribution in [2.75, 3.05) is 6.61 Å². The molecular formula is C11H12BrO3-. The molecule has 1 rings (SSSR count). The summed E-state index contributed by atoms with van der Waals surface area (Å²) in [6, 6.07) is 4.75. The summed E-state index contributed by atoms with van der Waals surface area (Å²) in [6.45, 7) is 4.48. The Morgan fingerprint density at radius 2 is 2.20 bits per heavy atom. The van der Waals surface area contributed by atoms with E-state index in [1.54, 1.807) is 12.1 Å². The Bertz CT molecular complexity index is 361. The van der Waals surface area contributed by atoms with Crippen LogP contribution in [0.4, 0.5) is 0 Å². The number of carbonyl (C=O) groups is 1. The highest BCUT2D eigenvalue weighted by atomic mass is 79.9. The van der Waals surface area contributed by atoms with E-state index in [9.17, 15) is 9.90 Å². The molecule has 0 aliphatic rings. The number of rotatable bonds is 4. The molecule has 0 unspecified atom stereocenters. The van der Waals surface area contributed by atoms with Crippen molar-refractivity contribution in [2.24, 2.45) is 5.92 Å². The van der Waals surface area contributed by atoms with Crippen LogP contribution >= 0.6 is 15.9 Å². The zero-order chi connectivity index (χ0) is 11.4. The first-order chi connectivity index (χ1) is 7.00. The Kier molecular flexibility index (Phi) is 4.15.